The van der Waals surface area contributed by atoms with Gasteiger partial charge in [0.25, 0.3) is 5.91 Å². The fraction of sp³-hybridized carbons (Fsp3) is 0.200. The molecule has 1 amide bonds. The molecular weight excluding hydrogens is 370 g/mol. The molecule has 2 aromatic carbocycles. The SMILES string of the molecule is CSc1ccc(/C=C/C(=O)OCC(=O)NCCc2ccc(Cl)cc2)cc1. The second-order valence-electron chi connectivity index (χ2n) is 5.44. The Morgan fingerprint density at radius 2 is 1.81 bits per heavy atom. The topological polar surface area (TPSA) is 55.4 Å². The van der Waals surface area contributed by atoms with Gasteiger partial charge in [0.1, 0.15) is 0 Å². The molecule has 0 atom stereocenters. The van der Waals surface area contributed by atoms with E-state index in [9.17, 15) is 9.59 Å². The van der Waals surface area contributed by atoms with E-state index in [-0.39, 0.29) is 12.5 Å². The van der Waals surface area contributed by atoms with Crippen LogP contribution in [-0.2, 0) is 20.7 Å². The molecule has 0 fully saturated rings. The molecule has 0 saturated carbocycles. The van der Waals surface area contributed by atoms with E-state index in [0.717, 1.165) is 16.0 Å². The molecule has 0 aliphatic heterocycles. The normalized spacial score (nSPS) is 10.7. The Morgan fingerprint density at radius 3 is 2.46 bits per heavy atom. The van der Waals surface area contributed by atoms with Crippen LogP contribution in [0.3, 0.4) is 0 Å². The van der Waals surface area contributed by atoms with Gasteiger partial charge in [-0.1, -0.05) is 35.9 Å². The number of thioether (sulfide) groups is 1. The number of benzene rings is 2. The minimum Gasteiger partial charge on any atom is -0.452 e. The fourth-order valence-electron chi connectivity index (χ4n) is 2.11. The van der Waals surface area contributed by atoms with Gasteiger partial charge in [0.05, 0.1) is 0 Å². The van der Waals surface area contributed by atoms with Crippen molar-refractivity contribution in [2.75, 3.05) is 19.4 Å². The highest BCUT2D eigenvalue weighted by molar-refractivity contribution is 7.98. The van der Waals surface area contributed by atoms with Crippen molar-refractivity contribution in [2.24, 2.45) is 0 Å². The van der Waals surface area contributed by atoms with E-state index < -0.39 is 5.97 Å². The maximum atomic E-state index is 11.7. The van der Waals surface area contributed by atoms with Gasteiger partial charge >= 0.3 is 5.97 Å². The summed E-state index contributed by atoms with van der Waals surface area (Å²) < 4.78 is 4.93. The second kappa shape index (κ2) is 10.7. The predicted molar refractivity (Wildman–Crippen MR) is 106 cm³/mol. The molecule has 0 radical (unpaired) electrons. The first-order chi connectivity index (χ1) is 12.6. The average molecular weight is 390 g/mol. The van der Waals surface area contributed by atoms with Gasteiger partial charge in [-0.3, -0.25) is 4.79 Å². The summed E-state index contributed by atoms with van der Waals surface area (Å²) >= 11 is 7.47. The average Bonchev–Trinajstić information content (AvgIpc) is 2.66. The third-order valence-corrected chi connectivity index (χ3v) is 4.52. The van der Waals surface area contributed by atoms with Crippen molar-refractivity contribution in [1.82, 2.24) is 5.32 Å². The molecule has 0 heterocycles. The van der Waals surface area contributed by atoms with Gasteiger partial charge in [0.2, 0.25) is 0 Å². The summed E-state index contributed by atoms with van der Waals surface area (Å²) in [5.41, 5.74) is 1.97. The molecule has 0 spiro atoms. The number of halogens is 1. The molecule has 4 nitrogen and oxygen atoms in total. The van der Waals surface area contributed by atoms with Gasteiger partial charge in [0.15, 0.2) is 6.61 Å². The fourth-order valence-corrected chi connectivity index (χ4v) is 2.65. The number of rotatable bonds is 8. The first-order valence-corrected chi connectivity index (χ1v) is 9.67. The van der Waals surface area contributed by atoms with E-state index >= 15 is 0 Å². The highest BCUT2D eigenvalue weighted by atomic mass is 35.5. The molecule has 0 aliphatic carbocycles. The quantitative estimate of drug-likeness (QED) is 0.421. The molecule has 136 valence electrons. The Morgan fingerprint density at radius 1 is 1.12 bits per heavy atom. The third-order valence-electron chi connectivity index (χ3n) is 3.52. The smallest absolute Gasteiger partial charge is 0.331 e. The van der Waals surface area contributed by atoms with Crippen LogP contribution in [0.15, 0.2) is 59.5 Å². The number of ether oxygens (including phenoxy) is 1. The van der Waals surface area contributed by atoms with Crippen LogP contribution >= 0.6 is 23.4 Å². The van der Waals surface area contributed by atoms with E-state index in [1.165, 1.54) is 6.08 Å². The second-order valence-corrected chi connectivity index (χ2v) is 6.76. The maximum Gasteiger partial charge on any atom is 0.331 e. The zero-order chi connectivity index (χ0) is 18.8. The van der Waals surface area contributed by atoms with Crippen molar-refractivity contribution < 1.29 is 14.3 Å². The molecule has 0 aromatic heterocycles. The molecule has 2 rings (SSSR count). The summed E-state index contributed by atoms with van der Waals surface area (Å²) in [5.74, 6) is -0.878. The van der Waals surface area contributed by atoms with Crippen molar-refractivity contribution in [3.8, 4) is 0 Å². The first-order valence-electron chi connectivity index (χ1n) is 8.07. The van der Waals surface area contributed by atoms with Crippen molar-refractivity contribution in [3.63, 3.8) is 0 Å². The lowest BCUT2D eigenvalue weighted by atomic mass is 10.1. The summed E-state index contributed by atoms with van der Waals surface area (Å²) in [5, 5.41) is 3.39. The Kier molecular flexibility index (Phi) is 8.25. The highest BCUT2D eigenvalue weighted by Gasteiger charge is 2.04. The van der Waals surface area contributed by atoms with Gasteiger partial charge in [-0.15, -0.1) is 11.8 Å². The lowest BCUT2D eigenvalue weighted by molar-refractivity contribution is -0.143. The van der Waals surface area contributed by atoms with E-state index in [2.05, 4.69) is 5.32 Å². The van der Waals surface area contributed by atoms with Crippen molar-refractivity contribution in [2.45, 2.75) is 11.3 Å². The summed E-state index contributed by atoms with van der Waals surface area (Å²) in [7, 11) is 0. The van der Waals surface area contributed by atoms with Crippen molar-refractivity contribution in [1.29, 1.82) is 0 Å². The van der Waals surface area contributed by atoms with Crippen LogP contribution in [0.5, 0.6) is 0 Å². The summed E-state index contributed by atoms with van der Waals surface area (Å²) in [6.45, 7) is 0.171. The number of carbonyl (C=O) groups excluding carboxylic acids is 2. The third kappa shape index (κ3) is 7.33. The number of amides is 1. The van der Waals surface area contributed by atoms with Crippen LogP contribution in [0.1, 0.15) is 11.1 Å². The van der Waals surface area contributed by atoms with E-state index in [4.69, 9.17) is 16.3 Å². The minimum absolute atomic E-state index is 0.296. The summed E-state index contributed by atoms with van der Waals surface area (Å²) in [6.07, 6.45) is 5.66. The largest absolute Gasteiger partial charge is 0.452 e. The molecular formula is C20H20ClNO3S. The molecule has 26 heavy (non-hydrogen) atoms. The number of hydrogen-bond acceptors (Lipinski definition) is 4. The van der Waals surface area contributed by atoms with E-state index in [0.29, 0.717) is 18.0 Å². The van der Waals surface area contributed by atoms with Gasteiger partial charge in [0, 0.05) is 22.5 Å². The zero-order valence-electron chi connectivity index (χ0n) is 14.4. The van der Waals surface area contributed by atoms with Crippen LogP contribution in [0.25, 0.3) is 6.08 Å². The monoisotopic (exact) mass is 389 g/mol. The Bertz CT molecular complexity index is 758. The van der Waals surface area contributed by atoms with E-state index in [1.54, 1.807) is 30.0 Å². The van der Waals surface area contributed by atoms with Gasteiger partial charge < -0.3 is 10.1 Å². The Hall–Kier alpha value is -2.24. The molecule has 0 unspecified atom stereocenters. The lowest BCUT2D eigenvalue weighted by Crippen LogP contribution is -2.30. The Balaban J connectivity index is 1.66. The molecule has 0 aliphatic rings. The van der Waals surface area contributed by atoms with Gasteiger partial charge in [-0.25, -0.2) is 4.79 Å². The number of nitrogens with one attached hydrogen (secondary N) is 1. The first kappa shape index (κ1) is 20.1. The van der Waals surface area contributed by atoms with Crippen LogP contribution in [-0.4, -0.2) is 31.3 Å². The van der Waals surface area contributed by atoms with Gasteiger partial charge in [-0.05, 0) is 54.1 Å². The number of hydrogen-bond donors (Lipinski definition) is 1. The zero-order valence-corrected chi connectivity index (χ0v) is 16.0. The van der Waals surface area contributed by atoms with Crippen LogP contribution in [0, 0.1) is 0 Å². The van der Waals surface area contributed by atoms with Gasteiger partial charge in [-0.2, -0.15) is 0 Å². The lowest BCUT2D eigenvalue weighted by Gasteiger charge is -2.05. The molecule has 1 N–H and O–H groups in total. The predicted octanol–water partition coefficient (Wildman–Crippen LogP) is 3.98. The molecule has 2 aromatic rings. The standard InChI is InChI=1S/C20H20ClNO3S/c1-26-18-9-4-15(5-10-18)6-11-20(24)25-14-19(23)22-13-12-16-2-7-17(21)8-3-16/h2-11H,12-14H2,1H3,(H,22,23)/b11-6+. The highest BCUT2D eigenvalue weighted by Crippen LogP contribution is 2.15. The summed E-state index contributed by atoms with van der Waals surface area (Å²) in [6, 6.07) is 15.2. The van der Waals surface area contributed by atoms with Crippen LogP contribution in [0.4, 0.5) is 0 Å². The van der Waals surface area contributed by atoms with Crippen LogP contribution in [0.2, 0.25) is 5.02 Å². The maximum absolute atomic E-state index is 11.7. The van der Waals surface area contributed by atoms with Crippen LogP contribution < -0.4 is 5.32 Å². The van der Waals surface area contributed by atoms with Crippen molar-refractivity contribution in [3.05, 3.63) is 70.8 Å². The number of esters is 1. The van der Waals surface area contributed by atoms with Crippen molar-refractivity contribution >= 4 is 41.3 Å². The minimum atomic E-state index is -0.549. The Labute approximate surface area is 162 Å². The summed E-state index contributed by atoms with van der Waals surface area (Å²) in [4.78, 5) is 24.5. The molecule has 0 bridgehead atoms. The number of carbonyl (C=O) groups is 2. The molecule has 0 saturated heterocycles. The van der Waals surface area contributed by atoms with E-state index in [1.807, 2.05) is 42.7 Å². The molecule has 6 heteroatoms.